The molecule has 1 aromatic heterocycles. The van der Waals surface area contributed by atoms with Crippen molar-refractivity contribution in [1.29, 1.82) is 0 Å². The summed E-state index contributed by atoms with van der Waals surface area (Å²) in [6, 6.07) is 10.3. The molecule has 3 rings (SSSR count). The number of aromatic nitrogens is 1. The van der Waals surface area contributed by atoms with Gasteiger partial charge in [0, 0.05) is 10.2 Å². The first kappa shape index (κ1) is 13.5. The predicted octanol–water partition coefficient (Wildman–Crippen LogP) is 4.95. The Hall–Kier alpha value is -1.53. The van der Waals surface area contributed by atoms with Gasteiger partial charge in [0.2, 0.25) is 0 Å². The van der Waals surface area contributed by atoms with Crippen LogP contribution in [-0.4, -0.2) is 4.98 Å². The Labute approximate surface area is 126 Å². The number of benzene rings is 2. The Bertz CT molecular complexity index is 756. The SMILES string of the molecule is Fc1ccc2nc(CNc3ccc(Br)cc3)sc2c1F. The van der Waals surface area contributed by atoms with E-state index in [1.165, 1.54) is 6.07 Å². The fourth-order valence-electron chi connectivity index (χ4n) is 1.80. The third-order valence-corrected chi connectivity index (χ3v) is 4.37. The molecule has 0 radical (unpaired) electrons. The fraction of sp³-hybridized carbons (Fsp3) is 0.0714. The maximum atomic E-state index is 13.6. The van der Waals surface area contributed by atoms with Crippen LogP contribution in [0.1, 0.15) is 5.01 Å². The van der Waals surface area contributed by atoms with Crippen LogP contribution < -0.4 is 5.32 Å². The highest BCUT2D eigenvalue weighted by molar-refractivity contribution is 9.10. The van der Waals surface area contributed by atoms with Crippen LogP contribution in [0.15, 0.2) is 40.9 Å². The van der Waals surface area contributed by atoms with Crippen molar-refractivity contribution in [3.8, 4) is 0 Å². The number of thiazole rings is 1. The van der Waals surface area contributed by atoms with Crippen LogP contribution in [0.5, 0.6) is 0 Å². The molecule has 6 heteroatoms. The summed E-state index contributed by atoms with van der Waals surface area (Å²) >= 11 is 4.53. The molecule has 102 valence electrons. The summed E-state index contributed by atoms with van der Waals surface area (Å²) in [5.74, 6) is -1.66. The summed E-state index contributed by atoms with van der Waals surface area (Å²) in [6.45, 7) is 0.474. The van der Waals surface area contributed by atoms with E-state index in [0.29, 0.717) is 17.1 Å². The second-order valence-electron chi connectivity index (χ2n) is 4.18. The summed E-state index contributed by atoms with van der Waals surface area (Å²) in [5, 5.41) is 3.91. The molecule has 2 nitrogen and oxygen atoms in total. The Morgan fingerprint density at radius 3 is 2.60 bits per heavy atom. The molecule has 1 N–H and O–H groups in total. The fourth-order valence-corrected chi connectivity index (χ4v) is 3.00. The molecule has 0 fully saturated rings. The lowest BCUT2D eigenvalue weighted by molar-refractivity contribution is 0.518. The van der Waals surface area contributed by atoms with Gasteiger partial charge in [0.1, 0.15) is 5.01 Å². The van der Waals surface area contributed by atoms with Gasteiger partial charge in [-0.05, 0) is 36.4 Å². The lowest BCUT2D eigenvalue weighted by atomic mass is 10.3. The molecule has 0 amide bonds. The average Bonchev–Trinajstić information content (AvgIpc) is 2.86. The van der Waals surface area contributed by atoms with Crippen molar-refractivity contribution in [3.05, 3.63) is 57.5 Å². The first-order valence-electron chi connectivity index (χ1n) is 5.86. The Kier molecular flexibility index (Phi) is 3.67. The second kappa shape index (κ2) is 5.46. The largest absolute Gasteiger partial charge is 0.379 e. The number of fused-ring (bicyclic) bond motifs is 1. The van der Waals surface area contributed by atoms with Crippen molar-refractivity contribution in [1.82, 2.24) is 4.98 Å². The third-order valence-electron chi connectivity index (χ3n) is 2.78. The molecule has 0 unspecified atom stereocenters. The maximum Gasteiger partial charge on any atom is 0.178 e. The van der Waals surface area contributed by atoms with Gasteiger partial charge in [0.15, 0.2) is 11.6 Å². The Morgan fingerprint density at radius 2 is 1.85 bits per heavy atom. The monoisotopic (exact) mass is 354 g/mol. The highest BCUT2D eigenvalue weighted by Crippen LogP contribution is 2.27. The van der Waals surface area contributed by atoms with Gasteiger partial charge in [-0.25, -0.2) is 13.8 Å². The third kappa shape index (κ3) is 2.66. The lowest BCUT2D eigenvalue weighted by Crippen LogP contribution is -1.98. The van der Waals surface area contributed by atoms with Gasteiger partial charge in [-0.3, -0.25) is 0 Å². The average molecular weight is 355 g/mol. The molecule has 3 aromatic rings. The minimum absolute atomic E-state index is 0.262. The molecule has 0 saturated carbocycles. The molecule has 20 heavy (non-hydrogen) atoms. The smallest absolute Gasteiger partial charge is 0.178 e. The van der Waals surface area contributed by atoms with Crippen molar-refractivity contribution in [2.75, 3.05) is 5.32 Å². The quantitative estimate of drug-likeness (QED) is 0.719. The van der Waals surface area contributed by atoms with Crippen LogP contribution in [-0.2, 0) is 6.54 Å². The topological polar surface area (TPSA) is 24.9 Å². The van der Waals surface area contributed by atoms with E-state index in [4.69, 9.17) is 0 Å². The van der Waals surface area contributed by atoms with E-state index < -0.39 is 11.6 Å². The maximum absolute atomic E-state index is 13.6. The van der Waals surface area contributed by atoms with E-state index in [1.54, 1.807) is 0 Å². The van der Waals surface area contributed by atoms with Crippen molar-refractivity contribution in [2.45, 2.75) is 6.54 Å². The minimum Gasteiger partial charge on any atom is -0.379 e. The first-order chi connectivity index (χ1) is 9.63. The van der Waals surface area contributed by atoms with Gasteiger partial charge in [-0.1, -0.05) is 15.9 Å². The number of rotatable bonds is 3. The van der Waals surface area contributed by atoms with Gasteiger partial charge >= 0.3 is 0 Å². The zero-order valence-electron chi connectivity index (χ0n) is 10.2. The van der Waals surface area contributed by atoms with Crippen LogP contribution in [0.25, 0.3) is 10.2 Å². The van der Waals surface area contributed by atoms with Crippen LogP contribution in [0.2, 0.25) is 0 Å². The normalized spacial score (nSPS) is 10.9. The van der Waals surface area contributed by atoms with Gasteiger partial charge in [0.05, 0.1) is 16.8 Å². The highest BCUT2D eigenvalue weighted by atomic mass is 79.9. The van der Waals surface area contributed by atoms with Crippen LogP contribution >= 0.6 is 27.3 Å². The highest BCUT2D eigenvalue weighted by Gasteiger charge is 2.12. The molecule has 1 heterocycles. The molecule has 0 saturated heterocycles. The van der Waals surface area contributed by atoms with E-state index in [0.717, 1.165) is 27.6 Å². The molecule has 0 spiro atoms. The molecule has 0 aliphatic carbocycles. The minimum atomic E-state index is -0.839. The summed E-state index contributed by atoms with van der Waals surface area (Å²) in [7, 11) is 0. The zero-order chi connectivity index (χ0) is 14.1. The Balaban J connectivity index is 1.81. The summed E-state index contributed by atoms with van der Waals surface area (Å²) < 4.78 is 28.0. The number of nitrogens with one attached hydrogen (secondary N) is 1. The summed E-state index contributed by atoms with van der Waals surface area (Å²) in [4.78, 5) is 4.29. The Morgan fingerprint density at radius 1 is 1.10 bits per heavy atom. The van der Waals surface area contributed by atoms with Crippen LogP contribution in [0.3, 0.4) is 0 Å². The van der Waals surface area contributed by atoms with Crippen molar-refractivity contribution in [3.63, 3.8) is 0 Å². The van der Waals surface area contributed by atoms with Gasteiger partial charge in [-0.15, -0.1) is 11.3 Å². The van der Waals surface area contributed by atoms with E-state index in [9.17, 15) is 8.78 Å². The number of hydrogen-bond acceptors (Lipinski definition) is 3. The van der Waals surface area contributed by atoms with Crippen LogP contribution in [0.4, 0.5) is 14.5 Å². The number of halogens is 3. The van der Waals surface area contributed by atoms with E-state index in [1.807, 2.05) is 24.3 Å². The summed E-state index contributed by atoms with van der Waals surface area (Å²) in [5.41, 5.74) is 1.43. The molecule has 2 aromatic carbocycles. The molecule has 0 aliphatic rings. The molecular weight excluding hydrogens is 346 g/mol. The van der Waals surface area contributed by atoms with Gasteiger partial charge in [-0.2, -0.15) is 0 Å². The number of nitrogens with zero attached hydrogens (tertiary/aromatic N) is 1. The summed E-state index contributed by atoms with van der Waals surface area (Å²) in [6.07, 6.45) is 0. The first-order valence-corrected chi connectivity index (χ1v) is 7.47. The molecule has 0 atom stereocenters. The molecule has 0 bridgehead atoms. The van der Waals surface area contributed by atoms with Gasteiger partial charge in [0.25, 0.3) is 0 Å². The van der Waals surface area contributed by atoms with E-state index in [-0.39, 0.29) is 4.70 Å². The van der Waals surface area contributed by atoms with Crippen molar-refractivity contribution in [2.24, 2.45) is 0 Å². The zero-order valence-corrected chi connectivity index (χ0v) is 12.6. The molecular formula is C14H9BrF2N2S. The predicted molar refractivity (Wildman–Crippen MR) is 81.0 cm³/mol. The number of hydrogen-bond donors (Lipinski definition) is 1. The lowest BCUT2D eigenvalue weighted by Gasteiger charge is -2.03. The van der Waals surface area contributed by atoms with Gasteiger partial charge < -0.3 is 5.32 Å². The van der Waals surface area contributed by atoms with Crippen molar-refractivity contribution >= 4 is 43.2 Å². The number of anilines is 1. The van der Waals surface area contributed by atoms with E-state index in [2.05, 4.69) is 26.2 Å². The van der Waals surface area contributed by atoms with E-state index >= 15 is 0 Å². The second-order valence-corrected chi connectivity index (χ2v) is 6.18. The standard InChI is InChI=1S/C14H9BrF2N2S/c15-8-1-3-9(4-2-8)18-7-12-19-11-6-5-10(16)13(17)14(11)20-12/h1-6,18H,7H2. The van der Waals surface area contributed by atoms with Crippen molar-refractivity contribution < 1.29 is 8.78 Å². The molecule has 0 aliphatic heterocycles. The van der Waals surface area contributed by atoms with Crippen LogP contribution in [0, 0.1) is 11.6 Å².